The number of benzene rings is 2. The molecule has 0 fully saturated rings. The first-order chi connectivity index (χ1) is 9.20. The first-order valence-corrected chi connectivity index (χ1v) is 6.60. The summed E-state index contributed by atoms with van der Waals surface area (Å²) < 4.78 is 0. The first kappa shape index (κ1) is 13.7. The van der Waals surface area contributed by atoms with Gasteiger partial charge in [0.15, 0.2) is 0 Å². The van der Waals surface area contributed by atoms with Crippen molar-refractivity contribution in [2.24, 2.45) is 0 Å². The van der Waals surface area contributed by atoms with E-state index in [9.17, 15) is 0 Å². The van der Waals surface area contributed by atoms with E-state index in [1.54, 1.807) is 12.1 Å². The summed E-state index contributed by atoms with van der Waals surface area (Å²) >= 11 is 11.9. The highest BCUT2D eigenvalue weighted by Crippen LogP contribution is 2.28. The van der Waals surface area contributed by atoms with E-state index in [1.807, 2.05) is 36.4 Å². The lowest BCUT2D eigenvalue weighted by atomic mass is 10.0. The number of hydrogen-bond acceptors (Lipinski definition) is 2. The average molecular weight is 291 g/mol. The quantitative estimate of drug-likeness (QED) is 0.854. The van der Waals surface area contributed by atoms with E-state index >= 15 is 0 Å². The monoisotopic (exact) mass is 290 g/mol. The van der Waals surface area contributed by atoms with Crippen molar-refractivity contribution in [3.05, 3.63) is 64.1 Å². The fourth-order valence-corrected chi connectivity index (χ4v) is 2.11. The van der Waals surface area contributed by atoms with Crippen LogP contribution in [0.2, 0.25) is 10.0 Å². The van der Waals surface area contributed by atoms with E-state index in [0.29, 0.717) is 16.5 Å². The largest absolute Gasteiger partial charge is 0.377 e. The lowest BCUT2D eigenvalue weighted by Gasteiger charge is -2.18. The summed E-state index contributed by atoms with van der Waals surface area (Å²) in [6.45, 7) is 0. The van der Waals surface area contributed by atoms with Crippen molar-refractivity contribution >= 4 is 28.9 Å². The Morgan fingerprint density at radius 1 is 1.05 bits per heavy atom. The summed E-state index contributed by atoms with van der Waals surface area (Å²) in [4.78, 5) is 0. The topological polar surface area (TPSA) is 35.8 Å². The van der Waals surface area contributed by atoms with Gasteiger partial charge in [-0.2, -0.15) is 5.26 Å². The fraction of sp³-hybridized carbons (Fsp3) is 0.133. The van der Waals surface area contributed by atoms with Gasteiger partial charge in [-0.1, -0.05) is 53.5 Å². The van der Waals surface area contributed by atoms with Gasteiger partial charge in [0.25, 0.3) is 0 Å². The van der Waals surface area contributed by atoms with Gasteiger partial charge in [-0.05, 0) is 23.8 Å². The third-order valence-corrected chi connectivity index (χ3v) is 3.50. The van der Waals surface area contributed by atoms with Gasteiger partial charge >= 0.3 is 0 Å². The normalized spacial score (nSPS) is 11.6. The predicted octanol–water partition coefficient (Wildman–Crippen LogP) is 5.06. The Bertz CT molecular complexity index is 591. The summed E-state index contributed by atoms with van der Waals surface area (Å²) in [5.41, 5.74) is 1.91. The lowest BCUT2D eigenvalue weighted by Crippen LogP contribution is -2.09. The molecule has 0 aliphatic carbocycles. The van der Waals surface area contributed by atoms with Gasteiger partial charge in [-0.25, -0.2) is 0 Å². The van der Waals surface area contributed by atoms with Gasteiger partial charge in [0, 0.05) is 5.69 Å². The molecule has 0 saturated carbocycles. The second kappa shape index (κ2) is 6.47. The molecule has 0 heterocycles. The molecule has 2 aromatic carbocycles. The first-order valence-electron chi connectivity index (χ1n) is 5.84. The van der Waals surface area contributed by atoms with Crippen molar-refractivity contribution in [2.75, 3.05) is 5.32 Å². The number of halogens is 2. The molecule has 0 amide bonds. The number of hydrogen-bond donors (Lipinski definition) is 1. The molecule has 2 nitrogen and oxygen atoms in total. The van der Waals surface area contributed by atoms with Gasteiger partial charge in [0.05, 0.1) is 28.6 Å². The number of nitrogens with one attached hydrogen (secondary N) is 1. The van der Waals surface area contributed by atoms with Crippen molar-refractivity contribution in [3.8, 4) is 6.07 Å². The van der Waals surface area contributed by atoms with Gasteiger partial charge in [-0.3, -0.25) is 0 Å². The molecule has 0 spiro atoms. The van der Waals surface area contributed by atoms with E-state index in [0.717, 1.165) is 11.3 Å². The number of rotatable bonds is 4. The van der Waals surface area contributed by atoms with E-state index in [4.69, 9.17) is 28.5 Å². The SMILES string of the molecule is N#CCC(Nc1ccc(Cl)c(Cl)c1)c1ccccc1. The Balaban J connectivity index is 2.22. The summed E-state index contributed by atoms with van der Waals surface area (Å²) in [6, 6.07) is 17.3. The smallest absolute Gasteiger partial charge is 0.0647 e. The highest BCUT2D eigenvalue weighted by Gasteiger charge is 2.11. The highest BCUT2D eigenvalue weighted by atomic mass is 35.5. The molecule has 0 saturated heterocycles. The summed E-state index contributed by atoms with van der Waals surface area (Å²) in [5, 5.41) is 13.2. The van der Waals surface area contributed by atoms with E-state index in [2.05, 4.69) is 11.4 Å². The molecular weight excluding hydrogens is 279 g/mol. The number of anilines is 1. The maximum Gasteiger partial charge on any atom is 0.0647 e. The van der Waals surface area contributed by atoms with Crippen molar-refractivity contribution in [1.29, 1.82) is 5.26 Å². The van der Waals surface area contributed by atoms with E-state index in [1.165, 1.54) is 0 Å². The third-order valence-electron chi connectivity index (χ3n) is 2.76. The molecule has 19 heavy (non-hydrogen) atoms. The molecule has 0 aromatic heterocycles. The Kier molecular flexibility index (Phi) is 4.68. The minimum Gasteiger partial charge on any atom is -0.377 e. The Morgan fingerprint density at radius 3 is 2.42 bits per heavy atom. The molecule has 96 valence electrons. The van der Waals surface area contributed by atoms with Crippen LogP contribution >= 0.6 is 23.2 Å². The summed E-state index contributed by atoms with van der Waals surface area (Å²) in [6.07, 6.45) is 0.379. The molecule has 1 unspecified atom stereocenters. The van der Waals surface area contributed by atoms with Crippen LogP contribution < -0.4 is 5.32 Å². The molecule has 0 aliphatic heterocycles. The molecule has 0 bridgehead atoms. The average Bonchev–Trinajstić information content (AvgIpc) is 2.43. The Hall–Kier alpha value is -1.69. The van der Waals surface area contributed by atoms with Crippen LogP contribution in [0, 0.1) is 11.3 Å². The highest BCUT2D eigenvalue weighted by molar-refractivity contribution is 6.42. The minimum absolute atomic E-state index is 0.0663. The van der Waals surface area contributed by atoms with Crippen LogP contribution in [0.1, 0.15) is 18.0 Å². The van der Waals surface area contributed by atoms with Crippen LogP contribution in [-0.4, -0.2) is 0 Å². The van der Waals surface area contributed by atoms with Crippen LogP contribution in [0.25, 0.3) is 0 Å². The second-order valence-electron chi connectivity index (χ2n) is 4.10. The van der Waals surface area contributed by atoms with Crippen LogP contribution in [0.5, 0.6) is 0 Å². The number of nitrogens with zero attached hydrogens (tertiary/aromatic N) is 1. The zero-order chi connectivity index (χ0) is 13.7. The molecule has 1 atom stereocenters. The zero-order valence-electron chi connectivity index (χ0n) is 10.1. The summed E-state index contributed by atoms with van der Waals surface area (Å²) in [5.74, 6) is 0. The molecule has 2 rings (SSSR count). The van der Waals surface area contributed by atoms with Crippen molar-refractivity contribution in [2.45, 2.75) is 12.5 Å². The maximum absolute atomic E-state index is 8.94. The van der Waals surface area contributed by atoms with E-state index < -0.39 is 0 Å². The van der Waals surface area contributed by atoms with Crippen molar-refractivity contribution in [3.63, 3.8) is 0 Å². The predicted molar refractivity (Wildman–Crippen MR) is 79.5 cm³/mol. The van der Waals surface area contributed by atoms with Crippen molar-refractivity contribution < 1.29 is 0 Å². The Labute approximate surface area is 122 Å². The zero-order valence-corrected chi connectivity index (χ0v) is 11.6. The summed E-state index contributed by atoms with van der Waals surface area (Å²) in [7, 11) is 0. The molecule has 0 aliphatic rings. The maximum atomic E-state index is 8.94. The second-order valence-corrected chi connectivity index (χ2v) is 4.91. The van der Waals surface area contributed by atoms with Crippen LogP contribution in [-0.2, 0) is 0 Å². The lowest BCUT2D eigenvalue weighted by molar-refractivity contribution is 0.806. The molecule has 2 aromatic rings. The van der Waals surface area contributed by atoms with Gasteiger partial charge < -0.3 is 5.32 Å². The van der Waals surface area contributed by atoms with Gasteiger partial charge in [0.1, 0.15) is 0 Å². The number of nitriles is 1. The van der Waals surface area contributed by atoms with Crippen LogP contribution in [0.15, 0.2) is 48.5 Å². The standard InChI is InChI=1S/C15H12Cl2N2/c16-13-7-6-12(10-14(13)17)19-15(8-9-18)11-4-2-1-3-5-11/h1-7,10,15,19H,8H2. The third kappa shape index (κ3) is 3.64. The Morgan fingerprint density at radius 2 is 1.79 bits per heavy atom. The molecular formula is C15H12Cl2N2. The van der Waals surface area contributed by atoms with Crippen molar-refractivity contribution in [1.82, 2.24) is 0 Å². The molecule has 4 heteroatoms. The van der Waals surface area contributed by atoms with Gasteiger partial charge in [-0.15, -0.1) is 0 Å². The molecule has 1 N–H and O–H groups in total. The minimum atomic E-state index is -0.0663. The van der Waals surface area contributed by atoms with Gasteiger partial charge in [0.2, 0.25) is 0 Å². The molecule has 0 radical (unpaired) electrons. The van der Waals surface area contributed by atoms with E-state index in [-0.39, 0.29) is 6.04 Å². The van der Waals surface area contributed by atoms with Crippen LogP contribution in [0.3, 0.4) is 0 Å². The van der Waals surface area contributed by atoms with Crippen LogP contribution in [0.4, 0.5) is 5.69 Å². The fourth-order valence-electron chi connectivity index (χ4n) is 1.82.